The summed E-state index contributed by atoms with van der Waals surface area (Å²) in [6.07, 6.45) is 2.46. The second kappa shape index (κ2) is 2.60. The SMILES string of the molecule is [N-]=[N+]=Nc1nccn[n+]1[O-]. The molecule has 0 aliphatic carbocycles. The standard InChI is InChI=1S/C3H2N6O/c4-8-7-3-5-1-2-6-9(3)10/h1-2H. The zero-order valence-corrected chi connectivity index (χ0v) is 4.75. The van der Waals surface area contributed by atoms with Crippen molar-refractivity contribution in [2.24, 2.45) is 5.11 Å². The van der Waals surface area contributed by atoms with Crippen molar-refractivity contribution in [1.82, 2.24) is 10.1 Å². The Hall–Kier alpha value is -1.88. The van der Waals surface area contributed by atoms with Gasteiger partial charge in [-0.15, -0.1) is 9.94 Å². The Morgan fingerprint density at radius 1 is 1.70 bits per heavy atom. The maximum absolute atomic E-state index is 10.5. The Kier molecular flexibility index (Phi) is 1.63. The number of rotatable bonds is 1. The molecular weight excluding hydrogens is 136 g/mol. The zero-order valence-electron chi connectivity index (χ0n) is 4.75. The third-order valence-corrected chi connectivity index (χ3v) is 0.733. The average molecular weight is 138 g/mol. The molecule has 0 unspecified atom stereocenters. The molecule has 0 amide bonds. The molecule has 1 heterocycles. The van der Waals surface area contributed by atoms with Gasteiger partial charge in [0.05, 0.1) is 6.20 Å². The Bertz CT molecular complexity index is 278. The predicted octanol–water partition coefficient (Wildman–Crippen LogP) is 0.0518. The normalized spacial score (nSPS) is 8.40. The number of azide groups is 1. The van der Waals surface area contributed by atoms with Crippen LogP contribution in [0.2, 0.25) is 0 Å². The first kappa shape index (κ1) is 6.24. The van der Waals surface area contributed by atoms with Gasteiger partial charge in [0, 0.05) is 5.53 Å². The summed E-state index contributed by atoms with van der Waals surface area (Å²) in [5, 5.41) is 16.7. The van der Waals surface area contributed by atoms with Crippen molar-refractivity contribution < 1.29 is 4.85 Å². The molecule has 0 N–H and O–H groups in total. The summed E-state index contributed by atoms with van der Waals surface area (Å²) in [5.74, 6) is -0.301. The third kappa shape index (κ3) is 1.09. The smallest absolute Gasteiger partial charge is 0.538 e. The summed E-state index contributed by atoms with van der Waals surface area (Å²) in [4.78, 5) is 5.94. The molecule has 10 heavy (non-hydrogen) atoms. The van der Waals surface area contributed by atoms with Crippen molar-refractivity contribution in [2.45, 2.75) is 0 Å². The lowest BCUT2D eigenvalue weighted by molar-refractivity contribution is -0.658. The van der Waals surface area contributed by atoms with Gasteiger partial charge in [0.1, 0.15) is 6.20 Å². The van der Waals surface area contributed by atoms with E-state index in [1.807, 2.05) is 0 Å². The summed E-state index contributed by atoms with van der Waals surface area (Å²) in [7, 11) is 0. The van der Waals surface area contributed by atoms with Gasteiger partial charge in [0.2, 0.25) is 4.91 Å². The minimum atomic E-state index is -0.301. The Morgan fingerprint density at radius 2 is 2.50 bits per heavy atom. The van der Waals surface area contributed by atoms with Gasteiger partial charge < -0.3 is 5.21 Å². The van der Waals surface area contributed by atoms with Crippen LogP contribution >= 0.6 is 0 Å². The molecule has 1 aromatic heterocycles. The van der Waals surface area contributed by atoms with Crippen LogP contribution in [0.25, 0.3) is 10.4 Å². The number of hydrogen-bond acceptors (Lipinski definition) is 4. The molecule has 0 radical (unpaired) electrons. The summed E-state index contributed by atoms with van der Waals surface area (Å²) < 4.78 is 0. The Labute approximate surface area is 55.2 Å². The fourth-order valence-electron chi connectivity index (χ4n) is 0.395. The van der Waals surface area contributed by atoms with Crippen LogP contribution in [0.15, 0.2) is 17.5 Å². The number of nitrogens with zero attached hydrogens (tertiary/aromatic N) is 6. The molecule has 7 heteroatoms. The summed E-state index contributed by atoms with van der Waals surface area (Å²) in [6, 6.07) is 0. The Balaban J connectivity index is 3.14. The molecule has 0 aromatic carbocycles. The van der Waals surface area contributed by atoms with Gasteiger partial charge in [-0.05, 0) is 0 Å². The van der Waals surface area contributed by atoms with Crippen molar-refractivity contribution in [1.29, 1.82) is 0 Å². The van der Waals surface area contributed by atoms with Crippen molar-refractivity contribution >= 4 is 5.95 Å². The lowest BCUT2D eigenvalue weighted by atomic mass is 10.9. The van der Waals surface area contributed by atoms with E-state index in [9.17, 15) is 5.21 Å². The van der Waals surface area contributed by atoms with Crippen LogP contribution in [0, 0.1) is 5.21 Å². The number of hydrogen-bond donors (Lipinski definition) is 0. The van der Waals surface area contributed by atoms with E-state index in [4.69, 9.17) is 5.53 Å². The van der Waals surface area contributed by atoms with Gasteiger partial charge >= 0.3 is 11.1 Å². The average Bonchev–Trinajstić information content (AvgIpc) is 1.94. The maximum atomic E-state index is 10.5. The summed E-state index contributed by atoms with van der Waals surface area (Å²) in [5.41, 5.74) is 7.88. The molecule has 0 aliphatic rings. The zero-order chi connectivity index (χ0) is 7.40. The van der Waals surface area contributed by atoms with E-state index >= 15 is 0 Å². The topological polar surface area (TPSA) is 101 Å². The highest BCUT2D eigenvalue weighted by molar-refractivity contribution is 5.00. The van der Waals surface area contributed by atoms with Crippen molar-refractivity contribution in [2.75, 3.05) is 0 Å². The van der Waals surface area contributed by atoms with Crippen molar-refractivity contribution in [3.8, 4) is 0 Å². The first-order valence-corrected chi connectivity index (χ1v) is 2.30. The molecular formula is C3H2N6O. The van der Waals surface area contributed by atoms with E-state index in [0.29, 0.717) is 0 Å². The van der Waals surface area contributed by atoms with Gasteiger partial charge in [0.15, 0.2) is 0 Å². The first-order valence-electron chi connectivity index (χ1n) is 2.30. The quantitative estimate of drug-likeness (QED) is 0.180. The minimum Gasteiger partial charge on any atom is -0.721 e. The molecule has 0 spiro atoms. The van der Waals surface area contributed by atoms with Crippen LogP contribution in [0.1, 0.15) is 0 Å². The molecule has 0 saturated heterocycles. The van der Waals surface area contributed by atoms with Crippen LogP contribution in [-0.4, -0.2) is 10.1 Å². The van der Waals surface area contributed by atoms with Gasteiger partial charge in [-0.1, -0.05) is 4.98 Å². The van der Waals surface area contributed by atoms with E-state index in [1.54, 1.807) is 0 Å². The van der Waals surface area contributed by atoms with Gasteiger partial charge in [-0.25, -0.2) is 0 Å². The minimum absolute atomic E-state index is 0.139. The van der Waals surface area contributed by atoms with Crippen LogP contribution in [-0.2, 0) is 0 Å². The van der Waals surface area contributed by atoms with Crippen LogP contribution in [0.4, 0.5) is 5.95 Å². The van der Waals surface area contributed by atoms with E-state index < -0.39 is 0 Å². The van der Waals surface area contributed by atoms with Crippen LogP contribution < -0.4 is 4.85 Å². The molecule has 0 bridgehead atoms. The predicted molar refractivity (Wildman–Crippen MR) is 29.8 cm³/mol. The van der Waals surface area contributed by atoms with Crippen LogP contribution in [0.3, 0.4) is 0 Å². The molecule has 1 aromatic rings. The van der Waals surface area contributed by atoms with E-state index in [-0.39, 0.29) is 10.8 Å². The molecule has 7 nitrogen and oxygen atoms in total. The summed E-state index contributed by atoms with van der Waals surface area (Å²) >= 11 is 0. The van der Waals surface area contributed by atoms with Gasteiger partial charge in [-0.3, -0.25) is 0 Å². The third-order valence-electron chi connectivity index (χ3n) is 0.733. The van der Waals surface area contributed by atoms with Gasteiger partial charge in [0.25, 0.3) is 0 Å². The van der Waals surface area contributed by atoms with Crippen molar-refractivity contribution in [3.05, 3.63) is 28.0 Å². The molecule has 0 atom stereocenters. The van der Waals surface area contributed by atoms with E-state index in [0.717, 1.165) is 0 Å². The highest BCUT2D eigenvalue weighted by atomic mass is 16.5. The molecule has 0 fully saturated rings. The monoisotopic (exact) mass is 138 g/mol. The lowest BCUT2D eigenvalue weighted by Gasteiger charge is -1.93. The molecule has 1 rings (SSSR count). The molecule has 0 aliphatic heterocycles. The largest absolute Gasteiger partial charge is 0.721 e. The lowest BCUT2D eigenvalue weighted by Crippen LogP contribution is -2.31. The highest BCUT2D eigenvalue weighted by Crippen LogP contribution is 1.93. The summed E-state index contributed by atoms with van der Waals surface area (Å²) in [6.45, 7) is 0. The van der Waals surface area contributed by atoms with Gasteiger partial charge in [-0.2, -0.15) is 0 Å². The fourth-order valence-corrected chi connectivity index (χ4v) is 0.395. The first-order chi connectivity index (χ1) is 4.84. The van der Waals surface area contributed by atoms with Crippen LogP contribution in [0.5, 0.6) is 0 Å². The Morgan fingerprint density at radius 3 is 3.10 bits per heavy atom. The highest BCUT2D eigenvalue weighted by Gasteiger charge is 2.10. The van der Waals surface area contributed by atoms with E-state index in [2.05, 4.69) is 20.1 Å². The van der Waals surface area contributed by atoms with E-state index in [1.165, 1.54) is 12.4 Å². The van der Waals surface area contributed by atoms with Crippen molar-refractivity contribution in [3.63, 3.8) is 0 Å². The maximum Gasteiger partial charge on any atom is 0.538 e. The molecule has 50 valence electrons. The second-order valence-corrected chi connectivity index (χ2v) is 1.31. The second-order valence-electron chi connectivity index (χ2n) is 1.31. The molecule has 0 saturated carbocycles. The fraction of sp³-hybridized carbons (Fsp3) is 0. The number of aromatic nitrogens is 3.